The highest BCUT2D eigenvalue weighted by atomic mass is 32.2. The number of rotatable bonds is 9. The number of methoxy groups -OCH3 is 1. The van der Waals surface area contributed by atoms with Crippen molar-refractivity contribution in [2.24, 2.45) is 5.92 Å². The maximum absolute atomic E-state index is 11.6. The van der Waals surface area contributed by atoms with E-state index in [4.69, 9.17) is 4.74 Å². The predicted octanol–water partition coefficient (Wildman–Crippen LogP) is 5.53. The molecule has 126 valence electrons. The molecular weight excluding hydrogens is 292 g/mol. The minimum absolute atomic E-state index is 0.000437. The summed E-state index contributed by atoms with van der Waals surface area (Å²) in [6, 6.07) is 0. The molecule has 0 spiro atoms. The Bertz CT molecular complexity index is 421. The van der Waals surface area contributed by atoms with Crippen LogP contribution in [0.5, 0.6) is 0 Å². The minimum Gasteiger partial charge on any atom is -0.379 e. The summed E-state index contributed by atoms with van der Waals surface area (Å²) in [6.45, 7) is 8.66. The summed E-state index contributed by atoms with van der Waals surface area (Å²) in [7, 11) is 1.79. The second kappa shape index (κ2) is 9.57. The van der Waals surface area contributed by atoms with E-state index >= 15 is 0 Å². The molecule has 1 aliphatic carbocycles. The van der Waals surface area contributed by atoms with Crippen LogP contribution in [-0.4, -0.2) is 23.6 Å². The van der Waals surface area contributed by atoms with Crippen LogP contribution < -0.4 is 0 Å². The molecule has 0 heterocycles. The van der Waals surface area contributed by atoms with Crippen molar-refractivity contribution in [3.05, 3.63) is 23.3 Å². The second-order valence-corrected chi connectivity index (χ2v) is 8.21. The number of thioether (sulfide) groups is 1. The zero-order valence-electron chi connectivity index (χ0n) is 14.9. The van der Waals surface area contributed by atoms with Crippen LogP contribution in [0, 0.1) is 5.92 Å². The molecule has 0 amide bonds. The molecule has 0 bridgehead atoms. The molecule has 2 nitrogen and oxygen atoms in total. The van der Waals surface area contributed by atoms with E-state index in [1.54, 1.807) is 7.11 Å². The molecule has 0 aromatic carbocycles. The lowest BCUT2D eigenvalue weighted by Gasteiger charge is -2.23. The van der Waals surface area contributed by atoms with Gasteiger partial charge in [-0.15, -0.1) is 0 Å². The monoisotopic (exact) mass is 324 g/mol. The van der Waals surface area contributed by atoms with Crippen molar-refractivity contribution in [1.29, 1.82) is 0 Å². The van der Waals surface area contributed by atoms with E-state index in [0.717, 1.165) is 25.0 Å². The molecule has 1 rings (SSSR count). The van der Waals surface area contributed by atoms with Gasteiger partial charge in [0.1, 0.15) is 0 Å². The number of carbonyl (C=O) groups excluding carboxylic acids is 1. The summed E-state index contributed by atoms with van der Waals surface area (Å²) in [6.07, 6.45) is 11.0. The van der Waals surface area contributed by atoms with Crippen LogP contribution in [0.2, 0.25) is 0 Å². The van der Waals surface area contributed by atoms with Gasteiger partial charge in [-0.3, -0.25) is 4.79 Å². The molecule has 22 heavy (non-hydrogen) atoms. The van der Waals surface area contributed by atoms with Crippen LogP contribution in [-0.2, 0) is 9.53 Å². The number of carbonyl (C=O) groups is 1. The van der Waals surface area contributed by atoms with Gasteiger partial charge in [-0.2, -0.15) is 0 Å². The zero-order valence-corrected chi connectivity index (χ0v) is 15.7. The fraction of sp³-hybridized carbons (Fsp3) is 0.737. The quantitative estimate of drug-likeness (QED) is 0.521. The van der Waals surface area contributed by atoms with Gasteiger partial charge >= 0.3 is 0 Å². The van der Waals surface area contributed by atoms with Gasteiger partial charge in [-0.25, -0.2) is 0 Å². The third-order valence-corrected chi connectivity index (χ3v) is 5.04. The van der Waals surface area contributed by atoms with Gasteiger partial charge in [0.25, 0.3) is 0 Å². The van der Waals surface area contributed by atoms with Gasteiger partial charge in [0.15, 0.2) is 0 Å². The number of ether oxygens (including phenoxy) is 1. The van der Waals surface area contributed by atoms with Gasteiger partial charge in [0.2, 0.25) is 5.12 Å². The Morgan fingerprint density at radius 1 is 1.45 bits per heavy atom. The van der Waals surface area contributed by atoms with E-state index in [2.05, 4.69) is 26.8 Å². The highest BCUT2D eigenvalue weighted by molar-refractivity contribution is 8.14. The summed E-state index contributed by atoms with van der Waals surface area (Å²) < 4.78 is 5.47. The summed E-state index contributed by atoms with van der Waals surface area (Å²) in [4.78, 5) is 11.6. The second-order valence-electron chi connectivity index (χ2n) is 6.94. The van der Waals surface area contributed by atoms with E-state index in [1.807, 2.05) is 13.0 Å². The topological polar surface area (TPSA) is 26.3 Å². The summed E-state index contributed by atoms with van der Waals surface area (Å²) in [5.41, 5.74) is 2.73. The van der Waals surface area contributed by atoms with E-state index < -0.39 is 0 Å². The first-order valence-corrected chi connectivity index (χ1v) is 9.46. The number of hydrogen-bond donors (Lipinski definition) is 0. The third kappa shape index (κ3) is 7.64. The van der Waals surface area contributed by atoms with E-state index in [-0.39, 0.29) is 10.7 Å². The highest BCUT2D eigenvalue weighted by Gasteiger charge is 2.17. The Hall–Kier alpha value is -0.540. The van der Waals surface area contributed by atoms with Gasteiger partial charge in [-0.1, -0.05) is 50.1 Å². The Balaban J connectivity index is 2.36. The molecule has 0 aromatic rings. The fourth-order valence-electron chi connectivity index (χ4n) is 2.85. The fourth-order valence-corrected chi connectivity index (χ4v) is 3.37. The molecule has 0 N–H and O–H groups in total. The first-order valence-electron chi connectivity index (χ1n) is 8.48. The van der Waals surface area contributed by atoms with Crippen LogP contribution in [0.4, 0.5) is 0 Å². The van der Waals surface area contributed by atoms with Crippen LogP contribution in [0.1, 0.15) is 66.2 Å². The first-order chi connectivity index (χ1) is 10.4. The molecule has 1 atom stereocenters. The molecule has 0 aliphatic heterocycles. The van der Waals surface area contributed by atoms with Crippen molar-refractivity contribution in [3.8, 4) is 0 Å². The molecule has 0 fully saturated rings. The van der Waals surface area contributed by atoms with E-state index in [1.165, 1.54) is 42.2 Å². The molecule has 3 heteroatoms. The smallest absolute Gasteiger partial charge is 0.212 e. The molecular formula is C19H32O2S. The van der Waals surface area contributed by atoms with Gasteiger partial charge in [0, 0.05) is 7.11 Å². The molecule has 0 radical (unpaired) electrons. The summed E-state index contributed by atoms with van der Waals surface area (Å²) >= 11 is 1.39. The third-order valence-electron chi connectivity index (χ3n) is 4.35. The van der Waals surface area contributed by atoms with Crippen molar-refractivity contribution < 1.29 is 9.53 Å². The Kier molecular flexibility index (Phi) is 8.48. The average Bonchev–Trinajstić information content (AvgIpc) is 2.85. The minimum atomic E-state index is -0.000437. The van der Waals surface area contributed by atoms with Crippen LogP contribution in [0.15, 0.2) is 23.3 Å². The lowest BCUT2D eigenvalue weighted by Crippen LogP contribution is -2.22. The van der Waals surface area contributed by atoms with E-state index in [0.29, 0.717) is 5.92 Å². The first kappa shape index (κ1) is 19.5. The standard InChI is InChI=1S/C19H32O2S/c1-6-22-18(20)14-17-10-9-16(13-17)12-15(2)8-7-11-19(3,4)21-5/h13-15H,6-12H2,1-5H3/b17-14+. The normalized spacial score (nSPS) is 18.6. The Labute approximate surface area is 140 Å². The number of allylic oxidation sites excluding steroid dienone is 3. The summed E-state index contributed by atoms with van der Waals surface area (Å²) in [5, 5.41) is 0.199. The van der Waals surface area contributed by atoms with Crippen molar-refractivity contribution in [2.75, 3.05) is 12.9 Å². The summed E-state index contributed by atoms with van der Waals surface area (Å²) in [5.74, 6) is 1.56. The van der Waals surface area contributed by atoms with Crippen molar-refractivity contribution in [2.45, 2.75) is 71.8 Å². The van der Waals surface area contributed by atoms with Gasteiger partial charge in [0.05, 0.1) is 5.60 Å². The lowest BCUT2D eigenvalue weighted by molar-refractivity contribution is -0.107. The van der Waals surface area contributed by atoms with Crippen LogP contribution >= 0.6 is 11.8 Å². The van der Waals surface area contributed by atoms with Crippen molar-refractivity contribution in [3.63, 3.8) is 0 Å². The maximum Gasteiger partial charge on any atom is 0.212 e. The Morgan fingerprint density at radius 2 is 2.18 bits per heavy atom. The molecule has 1 aliphatic rings. The zero-order chi connectivity index (χ0) is 16.6. The SMILES string of the molecule is CCSC(=O)/C=C1/C=C(CC(C)CCCC(C)(C)OC)CC1. The average molecular weight is 325 g/mol. The largest absolute Gasteiger partial charge is 0.379 e. The highest BCUT2D eigenvalue weighted by Crippen LogP contribution is 2.30. The van der Waals surface area contributed by atoms with Crippen LogP contribution in [0.25, 0.3) is 0 Å². The predicted molar refractivity (Wildman–Crippen MR) is 97.3 cm³/mol. The van der Waals surface area contributed by atoms with E-state index in [9.17, 15) is 4.79 Å². The Morgan fingerprint density at radius 3 is 2.82 bits per heavy atom. The number of hydrogen-bond acceptors (Lipinski definition) is 3. The van der Waals surface area contributed by atoms with Gasteiger partial charge < -0.3 is 4.74 Å². The molecule has 0 saturated carbocycles. The van der Waals surface area contributed by atoms with Gasteiger partial charge in [-0.05, 0) is 62.9 Å². The maximum atomic E-state index is 11.6. The van der Waals surface area contributed by atoms with Crippen molar-refractivity contribution >= 4 is 16.9 Å². The molecule has 1 unspecified atom stereocenters. The van der Waals surface area contributed by atoms with Crippen molar-refractivity contribution in [1.82, 2.24) is 0 Å². The molecule has 0 saturated heterocycles. The molecule has 0 aromatic heterocycles. The van der Waals surface area contributed by atoms with Crippen LogP contribution in [0.3, 0.4) is 0 Å². The lowest BCUT2D eigenvalue weighted by atomic mass is 9.92.